The average molecular weight is 262 g/mol. The molecule has 0 heterocycles. The first-order valence-electron chi connectivity index (χ1n) is 7.47. The Kier molecular flexibility index (Phi) is 4.94. The standard InChI is InChI=1S/C16H26N2O/c1-3-9-19-16-10-14(7-8-15(16)17)18-11-13-6-4-5-12(13)2/h7-8,10,12-13,18H,3-6,9,11,17H2,1-2H3. The molecule has 0 saturated heterocycles. The van der Waals surface area contributed by atoms with Crippen LogP contribution in [0.3, 0.4) is 0 Å². The molecule has 0 bridgehead atoms. The van der Waals surface area contributed by atoms with Crippen LogP contribution in [0, 0.1) is 11.8 Å². The van der Waals surface area contributed by atoms with Crippen molar-refractivity contribution in [1.29, 1.82) is 0 Å². The summed E-state index contributed by atoms with van der Waals surface area (Å²) in [5, 5.41) is 3.53. The predicted molar refractivity (Wildman–Crippen MR) is 81.6 cm³/mol. The summed E-state index contributed by atoms with van der Waals surface area (Å²) >= 11 is 0. The highest BCUT2D eigenvalue weighted by atomic mass is 16.5. The third-order valence-electron chi connectivity index (χ3n) is 4.08. The number of nitrogens with two attached hydrogens (primary N) is 1. The molecule has 0 amide bonds. The van der Waals surface area contributed by atoms with Crippen molar-refractivity contribution in [2.75, 3.05) is 24.2 Å². The van der Waals surface area contributed by atoms with Gasteiger partial charge >= 0.3 is 0 Å². The van der Waals surface area contributed by atoms with E-state index >= 15 is 0 Å². The van der Waals surface area contributed by atoms with Crippen molar-refractivity contribution in [1.82, 2.24) is 0 Å². The largest absolute Gasteiger partial charge is 0.491 e. The summed E-state index contributed by atoms with van der Waals surface area (Å²) in [7, 11) is 0. The van der Waals surface area contributed by atoms with Gasteiger partial charge in [0.15, 0.2) is 0 Å². The highest BCUT2D eigenvalue weighted by molar-refractivity contribution is 5.61. The Morgan fingerprint density at radius 1 is 1.37 bits per heavy atom. The van der Waals surface area contributed by atoms with Gasteiger partial charge in [-0.1, -0.05) is 26.7 Å². The van der Waals surface area contributed by atoms with Gasteiger partial charge in [-0.25, -0.2) is 0 Å². The molecule has 3 heteroatoms. The zero-order valence-electron chi connectivity index (χ0n) is 12.1. The number of anilines is 2. The molecule has 19 heavy (non-hydrogen) atoms. The molecule has 1 aliphatic rings. The minimum atomic E-state index is 0.716. The molecule has 1 aliphatic carbocycles. The van der Waals surface area contributed by atoms with Gasteiger partial charge < -0.3 is 15.8 Å². The van der Waals surface area contributed by atoms with E-state index in [9.17, 15) is 0 Å². The van der Waals surface area contributed by atoms with Crippen molar-refractivity contribution < 1.29 is 4.74 Å². The first kappa shape index (κ1) is 14.0. The number of hydrogen-bond donors (Lipinski definition) is 2. The second kappa shape index (κ2) is 6.69. The molecule has 1 saturated carbocycles. The van der Waals surface area contributed by atoms with Crippen molar-refractivity contribution in [3.63, 3.8) is 0 Å². The summed E-state index contributed by atoms with van der Waals surface area (Å²) in [6, 6.07) is 5.98. The van der Waals surface area contributed by atoms with Crippen molar-refractivity contribution >= 4 is 11.4 Å². The Labute approximate surface area is 116 Å². The zero-order valence-corrected chi connectivity index (χ0v) is 12.1. The van der Waals surface area contributed by atoms with E-state index < -0.39 is 0 Å². The molecule has 0 spiro atoms. The van der Waals surface area contributed by atoms with Gasteiger partial charge in [0.1, 0.15) is 5.75 Å². The van der Waals surface area contributed by atoms with E-state index in [4.69, 9.17) is 10.5 Å². The number of nitrogen functional groups attached to an aromatic ring is 1. The number of rotatable bonds is 6. The molecule has 3 nitrogen and oxygen atoms in total. The molecule has 2 rings (SSSR count). The number of ether oxygens (including phenoxy) is 1. The van der Waals surface area contributed by atoms with Gasteiger partial charge in [0.05, 0.1) is 12.3 Å². The second-order valence-electron chi connectivity index (χ2n) is 5.65. The molecular weight excluding hydrogens is 236 g/mol. The molecule has 106 valence electrons. The highest BCUT2D eigenvalue weighted by Crippen LogP contribution is 2.32. The minimum absolute atomic E-state index is 0.716. The third kappa shape index (κ3) is 3.79. The SMILES string of the molecule is CCCOc1cc(NCC2CCCC2C)ccc1N. The van der Waals surface area contributed by atoms with Gasteiger partial charge in [-0.15, -0.1) is 0 Å². The lowest BCUT2D eigenvalue weighted by Crippen LogP contribution is -2.16. The van der Waals surface area contributed by atoms with Gasteiger partial charge in [-0.3, -0.25) is 0 Å². The van der Waals surface area contributed by atoms with Crippen molar-refractivity contribution in [3.05, 3.63) is 18.2 Å². The molecule has 3 N–H and O–H groups in total. The summed E-state index contributed by atoms with van der Waals surface area (Å²) in [6.07, 6.45) is 5.10. The maximum Gasteiger partial charge on any atom is 0.144 e. The van der Waals surface area contributed by atoms with E-state index in [-0.39, 0.29) is 0 Å². The fourth-order valence-corrected chi connectivity index (χ4v) is 2.76. The van der Waals surface area contributed by atoms with Crippen molar-refractivity contribution in [2.45, 2.75) is 39.5 Å². The van der Waals surface area contributed by atoms with Crippen LogP contribution < -0.4 is 15.8 Å². The van der Waals surface area contributed by atoms with Crippen LogP contribution in [-0.2, 0) is 0 Å². The monoisotopic (exact) mass is 262 g/mol. The molecule has 1 aromatic rings. The molecule has 1 aromatic carbocycles. The molecule has 1 fully saturated rings. The summed E-state index contributed by atoms with van der Waals surface area (Å²) in [5.74, 6) is 2.45. The average Bonchev–Trinajstić information content (AvgIpc) is 2.82. The Morgan fingerprint density at radius 2 is 2.21 bits per heavy atom. The fourth-order valence-electron chi connectivity index (χ4n) is 2.76. The van der Waals surface area contributed by atoms with Crippen LogP contribution in [0.1, 0.15) is 39.5 Å². The van der Waals surface area contributed by atoms with E-state index in [1.807, 2.05) is 18.2 Å². The molecule has 0 aromatic heterocycles. The first-order valence-corrected chi connectivity index (χ1v) is 7.47. The Balaban J connectivity index is 1.92. The van der Waals surface area contributed by atoms with Crippen LogP contribution in [0.4, 0.5) is 11.4 Å². The van der Waals surface area contributed by atoms with Crippen LogP contribution in [0.15, 0.2) is 18.2 Å². The normalized spacial score (nSPS) is 22.4. The molecule has 0 radical (unpaired) electrons. The summed E-state index contributed by atoms with van der Waals surface area (Å²) in [5.41, 5.74) is 7.74. The lowest BCUT2D eigenvalue weighted by molar-refractivity contribution is 0.319. The quantitative estimate of drug-likeness (QED) is 0.764. The van der Waals surface area contributed by atoms with E-state index in [0.717, 1.165) is 36.2 Å². The summed E-state index contributed by atoms with van der Waals surface area (Å²) in [6.45, 7) is 6.23. The lowest BCUT2D eigenvalue weighted by atomic mass is 9.98. The van der Waals surface area contributed by atoms with Gasteiger partial charge in [-0.2, -0.15) is 0 Å². The number of hydrogen-bond acceptors (Lipinski definition) is 3. The van der Waals surface area contributed by atoms with Gasteiger partial charge in [-0.05, 0) is 36.8 Å². The van der Waals surface area contributed by atoms with Gasteiger partial charge in [0.25, 0.3) is 0 Å². The summed E-state index contributed by atoms with van der Waals surface area (Å²) < 4.78 is 5.65. The number of benzene rings is 1. The third-order valence-corrected chi connectivity index (χ3v) is 4.08. The van der Waals surface area contributed by atoms with Crippen LogP contribution in [0.25, 0.3) is 0 Å². The van der Waals surface area contributed by atoms with Crippen LogP contribution in [0.5, 0.6) is 5.75 Å². The minimum Gasteiger partial charge on any atom is -0.491 e. The van der Waals surface area contributed by atoms with E-state index in [1.54, 1.807) is 0 Å². The van der Waals surface area contributed by atoms with E-state index in [2.05, 4.69) is 19.2 Å². The van der Waals surface area contributed by atoms with E-state index in [0.29, 0.717) is 12.3 Å². The highest BCUT2D eigenvalue weighted by Gasteiger charge is 2.22. The van der Waals surface area contributed by atoms with Crippen LogP contribution in [-0.4, -0.2) is 13.2 Å². The maximum absolute atomic E-state index is 5.92. The first-order chi connectivity index (χ1) is 9.20. The maximum atomic E-state index is 5.92. The molecular formula is C16H26N2O. The van der Waals surface area contributed by atoms with Crippen LogP contribution >= 0.6 is 0 Å². The second-order valence-corrected chi connectivity index (χ2v) is 5.65. The lowest BCUT2D eigenvalue weighted by Gasteiger charge is -2.17. The van der Waals surface area contributed by atoms with Gasteiger partial charge in [0, 0.05) is 18.3 Å². The van der Waals surface area contributed by atoms with Crippen molar-refractivity contribution in [2.24, 2.45) is 11.8 Å². The van der Waals surface area contributed by atoms with Crippen molar-refractivity contribution in [3.8, 4) is 5.75 Å². The smallest absolute Gasteiger partial charge is 0.144 e. The van der Waals surface area contributed by atoms with E-state index in [1.165, 1.54) is 19.3 Å². The Bertz CT molecular complexity index is 406. The van der Waals surface area contributed by atoms with Crippen LogP contribution in [0.2, 0.25) is 0 Å². The van der Waals surface area contributed by atoms with Gasteiger partial charge in [0.2, 0.25) is 0 Å². The summed E-state index contributed by atoms with van der Waals surface area (Å²) in [4.78, 5) is 0. The molecule has 2 unspecified atom stereocenters. The topological polar surface area (TPSA) is 47.3 Å². The number of nitrogens with one attached hydrogen (secondary N) is 1. The predicted octanol–water partition coefficient (Wildman–Crippen LogP) is 3.91. The Morgan fingerprint density at radius 3 is 2.89 bits per heavy atom. The molecule has 0 aliphatic heterocycles. The zero-order chi connectivity index (χ0) is 13.7. The molecule has 2 atom stereocenters. The Hall–Kier alpha value is -1.38. The fraction of sp³-hybridized carbons (Fsp3) is 0.625.